The van der Waals surface area contributed by atoms with Gasteiger partial charge in [0.25, 0.3) is 5.69 Å². The van der Waals surface area contributed by atoms with Gasteiger partial charge in [-0.3, -0.25) is 15.1 Å². The first kappa shape index (κ1) is 8.49. The van der Waals surface area contributed by atoms with E-state index in [4.69, 9.17) is 0 Å². The van der Waals surface area contributed by atoms with Crippen molar-refractivity contribution in [2.45, 2.75) is 0 Å². The first-order valence-electron chi connectivity index (χ1n) is 3.72. The standard InChI is InChI=1S/C8H4FN3O2/c9-7-4-10-2-5-1-6(12(13)14)3-11-8(5)7/h1-4H. The highest BCUT2D eigenvalue weighted by Gasteiger charge is 2.09. The van der Waals surface area contributed by atoms with E-state index in [1.165, 1.54) is 12.3 Å². The number of pyridine rings is 2. The van der Waals surface area contributed by atoms with E-state index in [1.54, 1.807) is 0 Å². The quantitative estimate of drug-likeness (QED) is 0.510. The van der Waals surface area contributed by atoms with E-state index < -0.39 is 10.7 Å². The highest BCUT2D eigenvalue weighted by atomic mass is 19.1. The summed E-state index contributed by atoms with van der Waals surface area (Å²) < 4.78 is 13.0. The molecule has 6 heteroatoms. The number of fused-ring (bicyclic) bond motifs is 1. The molecule has 0 spiro atoms. The topological polar surface area (TPSA) is 68.9 Å². The Morgan fingerprint density at radius 2 is 2.14 bits per heavy atom. The van der Waals surface area contributed by atoms with Gasteiger partial charge in [-0.2, -0.15) is 0 Å². The van der Waals surface area contributed by atoms with Crippen LogP contribution in [0.15, 0.2) is 24.7 Å². The number of aromatic nitrogens is 2. The summed E-state index contributed by atoms with van der Waals surface area (Å²) in [6.07, 6.45) is 3.37. The molecule has 0 radical (unpaired) electrons. The van der Waals surface area contributed by atoms with Crippen LogP contribution >= 0.6 is 0 Å². The van der Waals surface area contributed by atoms with Gasteiger partial charge in [-0.15, -0.1) is 0 Å². The average molecular weight is 193 g/mol. The fourth-order valence-corrected chi connectivity index (χ4v) is 1.11. The summed E-state index contributed by atoms with van der Waals surface area (Å²) in [5, 5.41) is 10.7. The van der Waals surface area contributed by atoms with Crippen LogP contribution in [-0.2, 0) is 0 Å². The van der Waals surface area contributed by atoms with E-state index in [-0.39, 0.29) is 11.2 Å². The Balaban J connectivity index is 2.73. The lowest BCUT2D eigenvalue weighted by Crippen LogP contribution is -1.91. The molecule has 0 saturated heterocycles. The summed E-state index contributed by atoms with van der Waals surface area (Å²) in [6, 6.07) is 1.23. The molecule has 0 aliphatic rings. The third-order valence-electron chi connectivity index (χ3n) is 1.74. The first-order chi connectivity index (χ1) is 6.68. The molecule has 0 aromatic carbocycles. The second-order valence-corrected chi connectivity index (χ2v) is 2.64. The lowest BCUT2D eigenvalue weighted by atomic mass is 10.2. The van der Waals surface area contributed by atoms with E-state index in [1.807, 2.05) is 0 Å². The minimum absolute atomic E-state index is 0.0885. The van der Waals surface area contributed by atoms with Crippen molar-refractivity contribution < 1.29 is 9.31 Å². The SMILES string of the molecule is O=[N+]([O-])c1cnc2c(F)cncc2c1. The van der Waals surface area contributed by atoms with Crippen molar-refractivity contribution in [3.63, 3.8) is 0 Å². The fourth-order valence-electron chi connectivity index (χ4n) is 1.11. The summed E-state index contributed by atoms with van der Waals surface area (Å²) in [7, 11) is 0. The minimum atomic E-state index is -0.586. The van der Waals surface area contributed by atoms with Crippen LogP contribution in [0.25, 0.3) is 10.9 Å². The van der Waals surface area contributed by atoms with Crippen molar-refractivity contribution in [1.82, 2.24) is 9.97 Å². The summed E-state index contributed by atoms with van der Waals surface area (Å²) in [4.78, 5) is 17.0. The molecule has 14 heavy (non-hydrogen) atoms. The molecule has 2 aromatic heterocycles. The zero-order valence-corrected chi connectivity index (χ0v) is 6.85. The minimum Gasteiger partial charge on any atom is -0.261 e. The molecule has 0 aliphatic carbocycles. The van der Waals surface area contributed by atoms with Gasteiger partial charge in [-0.05, 0) is 0 Å². The monoisotopic (exact) mass is 193 g/mol. The Bertz CT molecular complexity index is 515. The number of halogens is 1. The zero-order chi connectivity index (χ0) is 10.1. The number of hydrogen-bond acceptors (Lipinski definition) is 4. The molecule has 70 valence electrons. The second kappa shape index (κ2) is 2.99. The maximum absolute atomic E-state index is 13.0. The smallest absolute Gasteiger partial charge is 0.261 e. The van der Waals surface area contributed by atoms with Crippen LogP contribution in [0, 0.1) is 15.9 Å². The molecule has 0 amide bonds. The van der Waals surface area contributed by atoms with Crippen LogP contribution in [0.1, 0.15) is 0 Å². The number of nitro groups is 1. The molecule has 2 rings (SSSR count). The van der Waals surface area contributed by atoms with Gasteiger partial charge in [0.15, 0.2) is 5.82 Å². The first-order valence-corrected chi connectivity index (χ1v) is 3.72. The van der Waals surface area contributed by atoms with E-state index >= 15 is 0 Å². The van der Waals surface area contributed by atoms with E-state index in [0.29, 0.717) is 5.39 Å². The van der Waals surface area contributed by atoms with E-state index in [9.17, 15) is 14.5 Å². The van der Waals surface area contributed by atoms with Crippen LogP contribution in [0.2, 0.25) is 0 Å². The second-order valence-electron chi connectivity index (χ2n) is 2.64. The predicted octanol–water partition coefficient (Wildman–Crippen LogP) is 1.68. The number of hydrogen-bond donors (Lipinski definition) is 0. The molecule has 0 N–H and O–H groups in total. The third kappa shape index (κ3) is 1.26. The Kier molecular flexibility index (Phi) is 1.81. The van der Waals surface area contributed by atoms with Crippen molar-refractivity contribution in [2.24, 2.45) is 0 Å². The van der Waals surface area contributed by atoms with Crippen LogP contribution in [-0.4, -0.2) is 14.9 Å². The van der Waals surface area contributed by atoms with E-state index in [0.717, 1.165) is 12.4 Å². The molecule has 0 bridgehead atoms. The third-order valence-corrected chi connectivity index (χ3v) is 1.74. The zero-order valence-electron chi connectivity index (χ0n) is 6.85. The molecular formula is C8H4FN3O2. The van der Waals surface area contributed by atoms with Gasteiger partial charge in [-0.1, -0.05) is 0 Å². The van der Waals surface area contributed by atoms with Crippen molar-refractivity contribution in [2.75, 3.05) is 0 Å². The molecule has 0 atom stereocenters. The van der Waals surface area contributed by atoms with Crippen LogP contribution < -0.4 is 0 Å². The Labute approximate surface area is 77.4 Å². The Hall–Kier alpha value is -2.11. The van der Waals surface area contributed by atoms with Crippen LogP contribution in [0.3, 0.4) is 0 Å². The van der Waals surface area contributed by atoms with Gasteiger partial charge in [-0.25, -0.2) is 9.37 Å². The van der Waals surface area contributed by atoms with Gasteiger partial charge in [0, 0.05) is 17.6 Å². The van der Waals surface area contributed by atoms with Gasteiger partial charge in [0.1, 0.15) is 11.7 Å². The predicted molar refractivity (Wildman–Crippen MR) is 46.2 cm³/mol. The Morgan fingerprint density at radius 1 is 1.36 bits per heavy atom. The lowest BCUT2D eigenvalue weighted by Gasteiger charge is -1.96. The molecular weight excluding hydrogens is 189 g/mol. The molecule has 2 heterocycles. The summed E-state index contributed by atoms with van der Waals surface area (Å²) >= 11 is 0. The molecule has 0 saturated carbocycles. The maximum Gasteiger partial charge on any atom is 0.288 e. The van der Waals surface area contributed by atoms with Crippen molar-refractivity contribution in [3.8, 4) is 0 Å². The average Bonchev–Trinajstić information content (AvgIpc) is 2.17. The van der Waals surface area contributed by atoms with Crippen molar-refractivity contribution in [3.05, 3.63) is 40.6 Å². The Morgan fingerprint density at radius 3 is 2.86 bits per heavy atom. The summed E-state index contributed by atoms with van der Waals surface area (Å²) in [5.41, 5.74) is -0.0875. The number of nitrogens with zero attached hydrogens (tertiary/aromatic N) is 3. The van der Waals surface area contributed by atoms with Crippen LogP contribution in [0.5, 0.6) is 0 Å². The highest BCUT2D eigenvalue weighted by Crippen LogP contribution is 2.18. The maximum atomic E-state index is 13.0. The van der Waals surface area contributed by atoms with Gasteiger partial charge in [0.05, 0.1) is 11.1 Å². The number of rotatable bonds is 1. The molecule has 0 fully saturated rings. The van der Waals surface area contributed by atoms with Gasteiger partial charge < -0.3 is 0 Å². The lowest BCUT2D eigenvalue weighted by molar-refractivity contribution is -0.385. The molecule has 5 nitrogen and oxygen atoms in total. The van der Waals surface area contributed by atoms with Crippen molar-refractivity contribution in [1.29, 1.82) is 0 Å². The molecule has 0 unspecified atom stereocenters. The molecule has 2 aromatic rings. The van der Waals surface area contributed by atoms with Gasteiger partial charge >= 0.3 is 0 Å². The van der Waals surface area contributed by atoms with Crippen LogP contribution in [0.4, 0.5) is 10.1 Å². The summed E-state index contributed by atoms with van der Waals surface area (Å²) in [5.74, 6) is -0.586. The molecule has 0 aliphatic heterocycles. The normalized spacial score (nSPS) is 10.4. The highest BCUT2D eigenvalue weighted by molar-refractivity contribution is 5.79. The van der Waals surface area contributed by atoms with E-state index in [2.05, 4.69) is 9.97 Å². The van der Waals surface area contributed by atoms with Crippen molar-refractivity contribution >= 4 is 16.6 Å². The largest absolute Gasteiger partial charge is 0.288 e. The van der Waals surface area contributed by atoms with Gasteiger partial charge in [0.2, 0.25) is 0 Å². The fraction of sp³-hybridized carbons (Fsp3) is 0. The summed E-state index contributed by atoms with van der Waals surface area (Å²) in [6.45, 7) is 0.